The number of sulfone groups is 1. The van der Waals surface area contributed by atoms with E-state index in [9.17, 15) is 13.2 Å². The van der Waals surface area contributed by atoms with Gasteiger partial charge in [0.05, 0.1) is 10.6 Å². The SMILES string of the molecule is Cc1cc(NC(=O)COc2cccc(S(C)(=O)=O)c2)n(C)n1. The van der Waals surface area contributed by atoms with Gasteiger partial charge in [0.1, 0.15) is 11.6 Å². The zero-order valence-electron chi connectivity index (χ0n) is 12.5. The van der Waals surface area contributed by atoms with Crippen molar-refractivity contribution >= 4 is 21.6 Å². The van der Waals surface area contributed by atoms with Crippen LogP contribution in [0.4, 0.5) is 5.82 Å². The first kappa shape index (κ1) is 16.0. The van der Waals surface area contributed by atoms with E-state index >= 15 is 0 Å². The Morgan fingerprint density at radius 1 is 1.36 bits per heavy atom. The molecule has 1 N–H and O–H groups in total. The Morgan fingerprint density at radius 2 is 2.09 bits per heavy atom. The quantitative estimate of drug-likeness (QED) is 0.891. The monoisotopic (exact) mass is 323 g/mol. The number of carbonyl (C=O) groups is 1. The highest BCUT2D eigenvalue weighted by Crippen LogP contribution is 2.17. The molecule has 0 saturated heterocycles. The van der Waals surface area contributed by atoms with E-state index in [2.05, 4.69) is 10.4 Å². The van der Waals surface area contributed by atoms with Crippen LogP contribution in [0.15, 0.2) is 35.2 Å². The molecule has 118 valence electrons. The molecule has 7 nitrogen and oxygen atoms in total. The van der Waals surface area contributed by atoms with Crippen molar-refractivity contribution in [3.05, 3.63) is 36.0 Å². The third-order valence-corrected chi connectivity index (χ3v) is 3.98. The van der Waals surface area contributed by atoms with Crippen LogP contribution in [-0.4, -0.2) is 37.0 Å². The fraction of sp³-hybridized carbons (Fsp3) is 0.286. The van der Waals surface area contributed by atoms with E-state index in [1.807, 2.05) is 6.92 Å². The summed E-state index contributed by atoms with van der Waals surface area (Å²) in [6.45, 7) is 1.60. The number of anilines is 1. The maximum Gasteiger partial charge on any atom is 0.263 e. The standard InChI is InChI=1S/C14H17N3O4S/c1-10-7-13(17(2)16-10)15-14(18)9-21-11-5-4-6-12(8-11)22(3,19)20/h4-8H,9H2,1-3H3,(H,15,18). The second kappa shape index (κ2) is 6.18. The van der Waals surface area contributed by atoms with Gasteiger partial charge < -0.3 is 10.1 Å². The number of hydrogen-bond donors (Lipinski definition) is 1. The molecule has 0 fully saturated rings. The molecule has 2 rings (SSSR count). The molecule has 0 aliphatic carbocycles. The van der Waals surface area contributed by atoms with Crippen LogP contribution in [0.3, 0.4) is 0 Å². The number of aromatic nitrogens is 2. The lowest BCUT2D eigenvalue weighted by atomic mass is 10.3. The molecule has 0 radical (unpaired) electrons. The highest BCUT2D eigenvalue weighted by molar-refractivity contribution is 7.90. The molecule has 0 atom stereocenters. The summed E-state index contributed by atoms with van der Waals surface area (Å²) in [4.78, 5) is 12.0. The predicted molar refractivity (Wildman–Crippen MR) is 81.6 cm³/mol. The van der Waals surface area contributed by atoms with E-state index in [1.165, 1.54) is 12.1 Å². The number of amides is 1. The molecule has 0 spiro atoms. The fourth-order valence-electron chi connectivity index (χ4n) is 1.85. The van der Waals surface area contributed by atoms with Crippen LogP contribution in [0.25, 0.3) is 0 Å². The molecule has 1 aromatic carbocycles. The number of rotatable bonds is 5. The molecular formula is C14H17N3O4S. The Bertz CT molecular complexity index is 796. The Hall–Kier alpha value is -2.35. The van der Waals surface area contributed by atoms with Crippen LogP contribution in [0, 0.1) is 6.92 Å². The summed E-state index contributed by atoms with van der Waals surface area (Å²) >= 11 is 0. The van der Waals surface area contributed by atoms with Gasteiger partial charge in [-0.25, -0.2) is 8.42 Å². The average Bonchev–Trinajstić information content (AvgIpc) is 2.74. The summed E-state index contributed by atoms with van der Waals surface area (Å²) in [6.07, 6.45) is 1.11. The summed E-state index contributed by atoms with van der Waals surface area (Å²) in [5, 5.41) is 6.78. The number of nitrogens with zero attached hydrogens (tertiary/aromatic N) is 2. The Kier molecular flexibility index (Phi) is 4.51. The number of benzene rings is 1. The molecule has 2 aromatic rings. The first-order valence-corrected chi connectivity index (χ1v) is 8.38. The van der Waals surface area contributed by atoms with E-state index in [0.29, 0.717) is 11.6 Å². The zero-order chi connectivity index (χ0) is 16.3. The molecular weight excluding hydrogens is 306 g/mol. The topological polar surface area (TPSA) is 90.3 Å². The Balaban J connectivity index is 1.98. The van der Waals surface area contributed by atoms with Gasteiger partial charge in [0.15, 0.2) is 16.4 Å². The normalized spacial score (nSPS) is 11.2. The summed E-state index contributed by atoms with van der Waals surface area (Å²) < 4.78 is 29.8. The number of nitrogens with one attached hydrogen (secondary N) is 1. The van der Waals surface area contributed by atoms with Crippen molar-refractivity contribution in [3.63, 3.8) is 0 Å². The van der Waals surface area contributed by atoms with Crippen molar-refractivity contribution in [3.8, 4) is 5.75 Å². The van der Waals surface area contributed by atoms with Gasteiger partial charge >= 0.3 is 0 Å². The highest BCUT2D eigenvalue weighted by atomic mass is 32.2. The number of carbonyl (C=O) groups excluding carboxylic acids is 1. The van der Waals surface area contributed by atoms with Crippen LogP contribution in [-0.2, 0) is 21.7 Å². The summed E-state index contributed by atoms with van der Waals surface area (Å²) in [7, 11) is -1.59. The molecule has 0 aliphatic rings. The first-order valence-electron chi connectivity index (χ1n) is 6.49. The molecule has 0 unspecified atom stereocenters. The van der Waals surface area contributed by atoms with Gasteiger partial charge in [-0.3, -0.25) is 9.48 Å². The molecule has 0 bridgehead atoms. The van der Waals surface area contributed by atoms with Crippen molar-refractivity contribution in [2.75, 3.05) is 18.2 Å². The predicted octanol–water partition coefficient (Wildman–Crippen LogP) is 1.15. The lowest BCUT2D eigenvalue weighted by Crippen LogP contribution is -2.21. The Labute approximate surface area is 128 Å². The summed E-state index contributed by atoms with van der Waals surface area (Å²) in [6, 6.07) is 7.75. The van der Waals surface area contributed by atoms with Crippen molar-refractivity contribution < 1.29 is 17.9 Å². The van der Waals surface area contributed by atoms with Gasteiger partial charge in [0.2, 0.25) is 0 Å². The van der Waals surface area contributed by atoms with Gasteiger partial charge in [-0.05, 0) is 25.1 Å². The Morgan fingerprint density at radius 3 is 2.68 bits per heavy atom. The number of ether oxygens (including phenoxy) is 1. The third kappa shape index (κ3) is 4.08. The van der Waals surface area contributed by atoms with E-state index in [1.54, 1.807) is 29.9 Å². The van der Waals surface area contributed by atoms with Crippen molar-refractivity contribution in [1.29, 1.82) is 0 Å². The van der Waals surface area contributed by atoms with Crippen molar-refractivity contribution in [2.24, 2.45) is 7.05 Å². The van der Waals surface area contributed by atoms with Crippen LogP contribution >= 0.6 is 0 Å². The maximum atomic E-state index is 11.8. The van der Waals surface area contributed by atoms with Crippen LogP contribution in [0.1, 0.15) is 5.69 Å². The van der Waals surface area contributed by atoms with Crippen molar-refractivity contribution in [1.82, 2.24) is 9.78 Å². The molecule has 22 heavy (non-hydrogen) atoms. The van der Waals surface area contributed by atoms with Gasteiger partial charge in [-0.15, -0.1) is 0 Å². The fourth-order valence-corrected chi connectivity index (χ4v) is 2.51. The second-order valence-electron chi connectivity index (χ2n) is 4.88. The molecule has 1 amide bonds. The molecule has 1 aromatic heterocycles. The van der Waals surface area contributed by atoms with E-state index < -0.39 is 9.84 Å². The number of aryl methyl sites for hydroxylation is 2. The molecule has 0 saturated carbocycles. The van der Waals surface area contributed by atoms with Gasteiger partial charge in [-0.1, -0.05) is 6.07 Å². The van der Waals surface area contributed by atoms with Gasteiger partial charge in [0, 0.05) is 19.4 Å². The van der Waals surface area contributed by atoms with Crippen LogP contribution < -0.4 is 10.1 Å². The second-order valence-corrected chi connectivity index (χ2v) is 6.89. The van der Waals surface area contributed by atoms with Gasteiger partial charge in [-0.2, -0.15) is 5.10 Å². The van der Waals surface area contributed by atoms with E-state index in [-0.39, 0.29) is 17.4 Å². The maximum absolute atomic E-state index is 11.8. The number of hydrogen-bond acceptors (Lipinski definition) is 5. The third-order valence-electron chi connectivity index (χ3n) is 2.87. The molecule has 1 heterocycles. The smallest absolute Gasteiger partial charge is 0.263 e. The van der Waals surface area contributed by atoms with Crippen molar-refractivity contribution in [2.45, 2.75) is 11.8 Å². The minimum atomic E-state index is -3.31. The highest BCUT2D eigenvalue weighted by Gasteiger charge is 2.10. The first-order chi connectivity index (χ1) is 10.3. The largest absolute Gasteiger partial charge is 0.484 e. The minimum absolute atomic E-state index is 0.146. The molecule has 8 heteroatoms. The summed E-state index contributed by atoms with van der Waals surface area (Å²) in [5.74, 6) is 0.531. The zero-order valence-corrected chi connectivity index (χ0v) is 13.3. The summed E-state index contributed by atoms with van der Waals surface area (Å²) in [5.41, 5.74) is 0.791. The van der Waals surface area contributed by atoms with Crippen LogP contribution in [0.2, 0.25) is 0 Å². The molecule has 0 aliphatic heterocycles. The lowest BCUT2D eigenvalue weighted by molar-refractivity contribution is -0.118. The average molecular weight is 323 g/mol. The van der Waals surface area contributed by atoms with Crippen LogP contribution in [0.5, 0.6) is 5.75 Å². The minimum Gasteiger partial charge on any atom is -0.484 e. The van der Waals surface area contributed by atoms with Gasteiger partial charge in [0.25, 0.3) is 5.91 Å². The van der Waals surface area contributed by atoms with E-state index in [0.717, 1.165) is 11.9 Å². The lowest BCUT2D eigenvalue weighted by Gasteiger charge is -2.08. The van der Waals surface area contributed by atoms with E-state index in [4.69, 9.17) is 4.74 Å².